The third-order valence-electron chi connectivity index (χ3n) is 8.10. The van der Waals surface area contributed by atoms with Gasteiger partial charge in [-0.3, -0.25) is 19.5 Å². The summed E-state index contributed by atoms with van der Waals surface area (Å²) < 4.78 is 34.3. The summed E-state index contributed by atoms with van der Waals surface area (Å²) in [5.41, 5.74) is -1.54. The average Bonchev–Trinajstić information content (AvgIpc) is 2.95. The number of nitrogens with zero attached hydrogens (tertiary/aromatic N) is 4. The molecule has 0 bridgehead atoms. The van der Waals surface area contributed by atoms with Crippen molar-refractivity contribution < 1.29 is 23.1 Å². The molecule has 1 aromatic heterocycles. The van der Waals surface area contributed by atoms with Crippen LogP contribution in [0.1, 0.15) is 46.3 Å². The number of carbonyl (C=O) groups is 2. The summed E-state index contributed by atoms with van der Waals surface area (Å²) in [6.07, 6.45) is 5.06. The molecule has 3 aliphatic rings. The van der Waals surface area contributed by atoms with Crippen molar-refractivity contribution in [2.75, 3.05) is 45.9 Å². The molecule has 0 saturated carbocycles. The van der Waals surface area contributed by atoms with Gasteiger partial charge in [0.2, 0.25) is 5.91 Å². The molecule has 0 aliphatic carbocycles. The number of aromatic nitrogens is 1. The highest BCUT2D eigenvalue weighted by molar-refractivity contribution is 7.17. The van der Waals surface area contributed by atoms with E-state index in [1.165, 1.54) is 27.7 Å². The summed E-state index contributed by atoms with van der Waals surface area (Å²) >= 11 is 6.17. The predicted molar refractivity (Wildman–Crippen MR) is 148 cm³/mol. The van der Waals surface area contributed by atoms with E-state index in [-0.39, 0.29) is 17.0 Å². The highest BCUT2D eigenvalue weighted by Gasteiger charge is 2.42. The predicted octanol–water partition coefficient (Wildman–Crippen LogP) is 4.19. The van der Waals surface area contributed by atoms with Gasteiger partial charge in [-0.1, -0.05) is 26.9 Å². The van der Waals surface area contributed by atoms with Crippen LogP contribution in [0.5, 0.6) is 0 Å². The molecule has 3 atom stereocenters. The first kappa shape index (κ1) is 28.3. The number of likely N-dealkylation sites (tertiary alicyclic amines) is 1. The highest BCUT2D eigenvalue weighted by Crippen LogP contribution is 2.38. The smallest absolute Gasteiger partial charge is 0.284 e. The van der Waals surface area contributed by atoms with E-state index in [0.717, 1.165) is 30.6 Å². The number of benzene rings is 1. The SMILES string of the molecule is O=C([C@@H]1CCCN(C(=O)c2cnccc2C(F)(F)P)[C@@H]1CCN1CCOCC1)N1CCc2cc(Cl)ccc2C1. The van der Waals surface area contributed by atoms with Crippen LogP contribution in [0.25, 0.3) is 0 Å². The van der Waals surface area contributed by atoms with E-state index in [1.54, 1.807) is 4.90 Å². The van der Waals surface area contributed by atoms with Crippen LogP contribution >= 0.6 is 20.8 Å². The molecule has 4 heterocycles. The third kappa shape index (κ3) is 6.43. The summed E-state index contributed by atoms with van der Waals surface area (Å²) in [6, 6.07) is 6.55. The zero-order valence-corrected chi connectivity index (χ0v) is 23.7. The fourth-order valence-corrected chi connectivity index (χ4v) is 6.49. The number of alkyl halides is 2. The van der Waals surface area contributed by atoms with E-state index in [0.29, 0.717) is 63.7 Å². The van der Waals surface area contributed by atoms with Crippen LogP contribution in [0, 0.1) is 5.92 Å². The van der Waals surface area contributed by atoms with Gasteiger partial charge in [0.15, 0.2) is 0 Å². The van der Waals surface area contributed by atoms with Crippen molar-refractivity contribution in [2.45, 2.75) is 43.9 Å². The lowest BCUT2D eigenvalue weighted by atomic mass is 9.84. The number of morpholine rings is 1. The van der Waals surface area contributed by atoms with Crippen molar-refractivity contribution in [2.24, 2.45) is 5.92 Å². The molecule has 2 aromatic rings. The second kappa shape index (κ2) is 12.1. The van der Waals surface area contributed by atoms with Crippen LogP contribution in [-0.4, -0.2) is 83.5 Å². The lowest BCUT2D eigenvalue weighted by Gasteiger charge is -2.44. The zero-order chi connectivity index (χ0) is 27.6. The Morgan fingerprint density at radius 1 is 1.13 bits per heavy atom. The largest absolute Gasteiger partial charge is 0.379 e. The molecule has 39 heavy (non-hydrogen) atoms. The van der Waals surface area contributed by atoms with Gasteiger partial charge in [0.1, 0.15) is 0 Å². The molecule has 1 unspecified atom stereocenters. The molecule has 5 rings (SSSR count). The quantitative estimate of drug-likeness (QED) is 0.481. The van der Waals surface area contributed by atoms with Gasteiger partial charge >= 0.3 is 0 Å². The van der Waals surface area contributed by atoms with Crippen molar-refractivity contribution in [1.29, 1.82) is 0 Å². The van der Waals surface area contributed by atoms with Crippen LogP contribution < -0.4 is 0 Å². The summed E-state index contributed by atoms with van der Waals surface area (Å²) in [5, 5.41) is 0.684. The van der Waals surface area contributed by atoms with Gasteiger partial charge in [0, 0.05) is 68.3 Å². The summed E-state index contributed by atoms with van der Waals surface area (Å²) in [7, 11) is 1.51. The molecule has 1 aromatic carbocycles. The number of carbonyl (C=O) groups excluding carboxylic acids is 2. The van der Waals surface area contributed by atoms with Crippen molar-refractivity contribution in [3.8, 4) is 0 Å². The molecule has 2 fully saturated rings. The number of hydrogen-bond acceptors (Lipinski definition) is 5. The topological polar surface area (TPSA) is 66.0 Å². The van der Waals surface area contributed by atoms with Gasteiger partial charge in [-0.25, -0.2) is 0 Å². The van der Waals surface area contributed by atoms with Gasteiger partial charge in [-0.2, -0.15) is 8.78 Å². The molecule has 11 heteroatoms. The van der Waals surface area contributed by atoms with Crippen molar-refractivity contribution in [3.63, 3.8) is 0 Å². The molecule has 2 saturated heterocycles. The lowest BCUT2D eigenvalue weighted by molar-refractivity contribution is -0.140. The fraction of sp³-hybridized carbons (Fsp3) is 0.536. The Hall–Kier alpha value is -2.19. The molecular formula is C28H34ClF2N4O3P. The van der Waals surface area contributed by atoms with Crippen LogP contribution in [0.15, 0.2) is 36.7 Å². The Kier molecular flexibility index (Phi) is 8.82. The number of halogens is 3. The minimum atomic E-state index is -3.27. The van der Waals surface area contributed by atoms with E-state index in [9.17, 15) is 18.4 Å². The highest BCUT2D eigenvalue weighted by atomic mass is 35.5. The first-order chi connectivity index (χ1) is 18.7. The number of rotatable bonds is 6. The Labute approximate surface area is 235 Å². The van der Waals surface area contributed by atoms with Gasteiger partial charge in [0.05, 0.1) is 24.7 Å². The summed E-state index contributed by atoms with van der Waals surface area (Å²) in [5.74, 6) is -0.888. The van der Waals surface area contributed by atoms with Crippen LogP contribution in [-0.2, 0) is 28.2 Å². The van der Waals surface area contributed by atoms with Crippen LogP contribution in [0.2, 0.25) is 5.02 Å². The van der Waals surface area contributed by atoms with E-state index < -0.39 is 23.5 Å². The number of hydrogen-bond donors (Lipinski definition) is 0. The minimum Gasteiger partial charge on any atom is -0.379 e. The summed E-state index contributed by atoms with van der Waals surface area (Å²) in [4.78, 5) is 37.6. The normalized spacial score (nSPS) is 22.5. The van der Waals surface area contributed by atoms with Gasteiger partial charge < -0.3 is 14.5 Å². The molecule has 2 amide bonds. The minimum absolute atomic E-state index is 0.0165. The molecule has 7 nitrogen and oxygen atoms in total. The number of pyridine rings is 1. The summed E-state index contributed by atoms with van der Waals surface area (Å²) in [6.45, 7) is 5.06. The van der Waals surface area contributed by atoms with E-state index in [4.69, 9.17) is 16.3 Å². The third-order valence-corrected chi connectivity index (χ3v) is 8.65. The first-order valence-electron chi connectivity index (χ1n) is 13.5. The second-order valence-corrected chi connectivity index (χ2v) is 11.7. The number of amides is 2. The van der Waals surface area contributed by atoms with Gasteiger partial charge in [-0.15, -0.1) is 0 Å². The number of ether oxygens (including phenoxy) is 1. The van der Waals surface area contributed by atoms with Gasteiger partial charge in [0.25, 0.3) is 11.6 Å². The fourth-order valence-electron chi connectivity index (χ4n) is 6.05. The van der Waals surface area contributed by atoms with Gasteiger partial charge in [-0.05, 0) is 55.0 Å². The van der Waals surface area contributed by atoms with E-state index in [2.05, 4.69) is 9.88 Å². The monoisotopic (exact) mass is 578 g/mol. The Balaban J connectivity index is 1.41. The number of fused-ring (bicyclic) bond motifs is 1. The average molecular weight is 579 g/mol. The maximum absolute atomic E-state index is 14.4. The molecular weight excluding hydrogens is 545 g/mol. The van der Waals surface area contributed by atoms with E-state index in [1.807, 2.05) is 23.1 Å². The molecule has 0 spiro atoms. The lowest BCUT2D eigenvalue weighted by Crippen LogP contribution is -2.55. The maximum atomic E-state index is 14.4. The zero-order valence-electron chi connectivity index (χ0n) is 21.8. The van der Waals surface area contributed by atoms with Crippen molar-refractivity contribution >= 4 is 32.7 Å². The molecule has 0 radical (unpaired) electrons. The Morgan fingerprint density at radius 3 is 2.69 bits per heavy atom. The maximum Gasteiger partial charge on any atom is 0.284 e. The van der Waals surface area contributed by atoms with Crippen LogP contribution in [0.4, 0.5) is 8.78 Å². The van der Waals surface area contributed by atoms with Crippen molar-refractivity contribution in [1.82, 2.24) is 19.7 Å². The van der Waals surface area contributed by atoms with Crippen molar-refractivity contribution in [3.05, 3.63) is 63.9 Å². The van der Waals surface area contributed by atoms with Crippen LogP contribution in [0.3, 0.4) is 0 Å². The second-order valence-electron chi connectivity index (χ2n) is 10.5. The Morgan fingerprint density at radius 2 is 1.92 bits per heavy atom. The molecule has 3 aliphatic heterocycles. The molecule has 0 N–H and O–H groups in total. The number of piperidine rings is 1. The van der Waals surface area contributed by atoms with E-state index >= 15 is 0 Å². The standard InChI is InChI=1S/C28H34ClF2N4O3P/c29-21-4-3-20-18-34(11-6-19(20)16-21)26(36)22-2-1-9-35(25(22)7-10-33-12-14-38-15-13-33)27(37)23-17-32-8-5-24(23)28(30,31)39/h3-5,8,16-17,22,25H,1-2,6-7,9-15,18,39H2/t22-,25-/m1/s1. The first-order valence-corrected chi connectivity index (χ1v) is 14.5. The Bertz CT molecular complexity index is 1210. The molecule has 210 valence electrons.